The number of aliphatic hydroxyl groups excluding tert-OH is 1. The summed E-state index contributed by atoms with van der Waals surface area (Å²) in [4.78, 5) is 11.9. The summed E-state index contributed by atoms with van der Waals surface area (Å²) in [6, 6.07) is 8.85. The highest BCUT2D eigenvalue weighted by Gasteiger charge is 2.19. The normalized spacial score (nSPS) is 15.0. The number of carbonyl (C=O) groups is 1. The molecule has 0 saturated heterocycles. The van der Waals surface area contributed by atoms with Gasteiger partial charge in [0.05, 0.1) is 12.1 Å². The van der Waals surface area contributed by atoms with Gasteiger partial charge in [0.15, 0.2) is 0 Å². The first kappa shape index (κ1) is 19.9. The summed E-state index contributed by atoms with van der Waals surface area (Å²) in [7, 11) is 0. The van der Waals surface area contributed by atoms with Crippen molar-refractivity contribution in [1.82, 2.24) is 5.32 Å². The Morgan fingerprint density at radius 1 is 1.19 bits per heavy atom. The lowest BCUT2D eigenvalue weighted by atomic mass is 10.0. The highest BCUT2D eigenvalue weighted by molar-refractivity contribution is 5.85. The van der Waals surface area contributed by atoms with Crippen molar-refractivity contribution in [3.63, 3.8) is 0 Å². The second kappa shape index (κ2) is 9.77. The van der Waals surface area contributed by atoms with Crippen molar-refractivity contribution in [3.8, 4) is 0 Å². The predicted molar refractivity (Wildman–Crippen MR) is 88.3 cm³/mol. The smallest absolute Gasteiger partial charge is 0.237 e. The average molecular weight is 315 g/mol. The van der Waals surface area contributed by atoms with Crippen LogP contribution in [0.3, 0.4) is 0 Å². The van der Waals surface area contributed by atoms with E-state index in [2.05, 4.69) is 5.32 Å². The average Bonchev–Trinajstić information content (AvgIpc) is 2.38. The molecule has 0 fully saturated rings. The Bertz CT molecular complexity index is 412. The van der Waals surface area contributed by atoms with Crippen molar-refractivity contribution in [3.05, 3.63) is 35.9 Å². The number of nitrogens with two attached hydrogens (primary N) is 1. The van der Waals surface area contributed by atoms with E-state index >= 15 is 0 Å². The minimum absolute atomic E-state index is 0. The van der Waals surface area contributed by atoms with Gasteiger partial charge in [-0.1, -0.05) is 44.2 Å². The van der Waals surface area contributed by atoms with Crippen LogP contribution < -0.4 is 11.1 Å². The van der Waals surface area contributed by atoms with Crippen LogP contribution >= 0.6 is 12.4 Å². The highest BCUT2D eigenvalue weighted by Crippen LogP contribution is 2.17. The molecule has 0 saturated carbocycles. The van der Waals surface area contributed by atoms with E-state index in [9.17, 15) is 9.90 Å². The van der Waals surface area contributed by atoms with Crippen LogP contribution in [0.2, 0.25) is 0 Å². The standard InChI is InChI=1S/C16H26N2O2.ClH/c1-11(2)9-14(17)16(20)18-12(3)10-15(19)13-7-5-4-6-8-13;/h4-8,11-12,14-15,19H,9-10,17H2,1-3H3,(H,18,20);1H/t12?,14-,15?;/m0./s1. The molecule has 4 nitrogen and oxygen atoms in total. The number of carbonyl (C=O) groups excluding carboxylic acids is 1. The lowest BCUT2D eigenvalue weighted by Gasteiger charge is -2.21. The molecule has 0 aliphatic carbocycles. The number of nitrogens with one attached hydrogen (secondary N) is 1. The van der Waals surface area contributed by atoms with E-state index < -0.39 is 12.1 Å². The third-order valence-electron chi connectivity index (χ3n) is 3.21. The summed E-state index contributed by atoms with van der Waals surface area (Å²) in [5.41, 5.74) is 6.70. The van der Waals surface area contributed by atoms with Crippen LogP contribution in [0.5, 0.6) is 0 Å². The number of hydrogen-bond acceptors (Lipinski definition) is 3. The quantitative estimate of drug-likeness (QED) is 0.723. The van der Waals surface area contributed by atoms with Crippen LogP contribution in [0.25, 0.3) is 0 Å². The largest absolute Gasteiger partial charge is 0.388 e. The van der Waals surface area contributed by atoms with Gasteiger partial charge in [0, 0.05) is 6.04 Å². The molecule has 1 aromatic carbocycles. The molecule has 3 atom stereocenters. The van der Waals surface area contributed by atoms with Crippen molar-refractivity contribution < 1.29 is 9.90 Å². The van der Waals surface area contributed by atoms with Gasteiger partial charge in [0.2, 0.25) is 5.91 Å². The Kier molecular flexibility index (Phi) is 9.26. The van der Waals surface area contributed by atoms with Gasteiger partial charge >= 0.3 is 0 Å². The van der Waals surface area contributed by atoms with Crippen LogP contribution in [0.4, 0.5) is 0 Å². The van der Waals surface area contributed by atoms with Gasteiger partial charge < -0.3 is 16.2 Å². The molecule has 21 heavy (non-hydrogen) atoms. The molecule has 4 N–H and O–H groups in total. The first-order chi connectivity index (χ1) is 9.40. The fourth-order valence-electron chi connectivity index (χ4n) is 2.17. The Labute approximate surface area is 133 Å². The van der Waals surface area contributed by atoms with E-state index in [-0.39, 0.29) is 24.4 Å². The predicted octanol–water partition coefficient (Wildman–Crippen LogP) is 2.41. The summed E-state index contributed by atoms with van der Waals surface area (Å²) in [5, 5.41) is 13.0. The summed E-state index contributed by atoms with van der Waals surface area (Å²) < 4.78 is 0. The Balaban J connectivity index is 0.00000400. The second-order valence-electron chi connectivity index (χ2n) is 5.81. The number of amides is 1. The molecular weight excluding hydrogens is 288 g/mol. The van der Waals surface area contributed by atoms with E-state index in [0.717, 1.165) is 5.56 Å². The summed E-state index contributed by atoms with van der Waals surface area (Å²) in [6.07, 6.45) is 0.567. The molecule has 0 radical (unpaired) electrons. The minimum Gasteiger partial charge on any atom is -0.388 e. The SMILES string of the molecule is CC(C)C[C@H](N)C(=O)NC(C)CC(O)c1ccccc1.Cl. The van der Waals surface area contributed by atoms with E-state index in [1.165, 1.54) is 0 Å². The summed E-state index contributed by atoms with van der Waals surface area (Å²) in [6.45, 7) is 5.96. The maximum Gasteiger partial charge on any atom is 0.237 e. The molecular formula is C16H27ClN2O2. The van der Waals surface area contributed by atoms with E-state index in [1.807, 2.05) is 51.1 Å². The molecule has 0 aromatic heterocycles. The van der Waals surface area contributed by atoms with Gasteiger partial charge in [-0.05, 0) is 31.2 Å². The molecule has 0 bridgehead atoms. The van der Waals surface area contributed by atoms with Crippen LogP contribution in [0, 0.1) is 5.92 Å². The maximum absolute atomic E-state index is 11.9. The molecule has 120 valence electrons. The molecule has 1 rings (SSSR count). The number of aliphatic hydroxyl groups is 1. The van der Waals surface area contributed by atoms with E-state index in [4.69, 9.17) is 5.73 Å². The lowest BCUT2D eigenvalue weighted by Crippen LogP contribution is -2.45. The fourth-order valence-corrected chi connectivity index (χ4v) is 2.17. The topological polar surface area (TPSA) is 75.4 Å². The van der Waals surface area contributed by atoms with Crippen molar-refractivity contribution >= 4 is 18.3 Å². The van der Waals surface area contributed by atoms with Gasteiger partial charge in [-0.15, -0.1) is 12.4 Å². The molecule has 0 heterocycles. The van der Waals surface area contributed by atoms with Gasteiger partial charge in [-0.2, -0.15) is 0 Å². The van der Waals surface area contributed by atoms with Gasteiger partial charge in [-0.25, -0.2) is 0 Å². The van der Waals surface area contributed by atoms with E-state index in [0.29, 0.717) is 18.8 Å². The number of rotatable bonds is 7. The Morgan fingerprint density at radius 3 is 2.29 bits per heavy atom. The molecule has 5 heteroatoms. The van der Waals surface area contributed by atoms with Crippen LogP contribution in [0.1, 0.15) is 45.3 Å². The highest BCUT2D eigenvalue weighted by atomic mass is 35.5. The second-order valence-corrected chi connectivity index (χ2v) is 5.81. The van der Waals surface area contributed by atoms with Crippen LogP contribution in [-0.2, 0) is 4.79 Å². The third-order valence-corrected chi connectivity index (χ3v) is 3.21. The monoisotopic (exact) mass is 314 g/mol. The lowest BCUT2D eigenvalue weighted by molar-refractivity contribution is -0.123. The summed E-state index contributed by atoms with van der Waals surface area (Å²) in [5.74, 6) is 0.243. The number of benzene rings is 1. The zero-order valence-electron chi connectivity index (χ0n) is 13.0. The zero-order valence-corrected chi connectivity index (χ0v) is 13.8. The Hall–Kier alpha value is -1.10. The van der Waals surface area contributed by atoms with Crippen molar-refractivity contribution in [2.24, 2.45) is 11.7 Å². The van der Waals surface area contributed by atoms with Gasteiger partial charge in [0.25, 0.3) is 0 Å². The number of halogens is 1. The molecule has 1 amide bonds. The first-order valence-corrected chi connectivity index (χ1v) is 7.19. The van der Waals surface area contributed by atoms with Crippen molar-refractivity contribution in [1.29, 1.82) is 0 Å². The molecule has 0 aliphatic rings. The first-order valence-electron chi connectivity index (χ1n) is 7.19. The minimum atomic E-state index is -0.576. The number of hydrogen-bond donors (Lipinski definition) is 3. The van der Waals surface area contributed by atoms with Crippen LogP contribution in [-0.4, -0.2) is 23.1 Å². The molecule has 0 aliphatic heterocycles. The molecule has 2 unspecified atom stereocenters. The zero-order chi connectivity index (χ0) is 15.1. The molecule has 0 spiro atoms. The Morgan fingerprint density at radius 2 is 1.76 bits per heavy atom. The van der Waals surface area contributed by atoms with Gasteiger partial charge in [-0.3, -0.25) is 4.79 Å². The van der Waals surface area contributed by atoms with E-state index in [1.54, 1.807) is 0 Å². The van der Waals surface area contributed by atoms with Crippen LogP contribution in [0.15, 0.2) is 30.3 Å². The third kappa shape index (κ3) is 7.46. The van der Waals surface area contributed by atoms with Crippen molar-refractivity contribution in [2.75, 3.05) is 0 Å². The van der Waals surface area contributed by atoms with Gasteiger partial charge in [0.1, 0.15) is 0 Å². The molecule has 1 aromatic rings. The maximum atomic E-state index is 11.9. The summed E-state index contributed by atoms with van der Waals surface area (Å²) >= 11 is 0. The fraction of sp³-hybridized carbons (Fsp3) is 0.562. The van der Waals surface area contributed by atoms with Crippen molar-refractivity contribution in [2.45, 2.75) is 51.8 Å².